The van der Waals surface area contributed by atoms with E-state index in [0.717, 1.165) is 11.3 Å². The van der Waals surface area contributed by atoms with E-state index in [9.17, 15) is 4.79 Å². The van der Waals surface area contributed by atoms with Crippen molar-refractivity contribution >= 4 is 11.7 Å². The number of pyridine rings is 1. The number of methoxy groups -OCH3 is 1. The smallest absolute Gasteiger partial charge is 0.254 e. The Kier molecular flexibility index (Phi) is 5.45. The lowest BCUT2D eigenvalue weighted by Crippen LogP contribution is -2.47. The fourth-order valence-corrected chi connectivity index (χ4v) is 3.62. The molecule has 7 nitrogen and oxygen atoms in total. The van der Waals surface area contributed by atoms with Crippen LogP contribution < -0.4 is 10.1 Å². The number of rotatable bonds is 5. The standard InChI is InChI=1S/C21H25N3O4/c1-26-18-4-2-16(3-5-18)15-23-19-14-17(6-9-22-19)20(25)24-10-7-21(8-11-24)27-12-13-28-21/h2-6,9,14H,7-8,10-13,15H2,1H3,(H,22,23). The summed E-state index contributed by atoms with van der Waals surface area (Å²) in [4.78, 5) is 19.1. The van der Waals surface area contributed by atoms with Gasteiger partial charge in [0.1, 0.15) is 11.6 Å². The number of benzene rings is 1. The average Bonchev–Trinajstić information content (AvgIpc) is 3.21. The number of hydrogen-bond donors (Lipinski definition) is 1. The second-order valence-corrected chi connectivity index (χ2v) is 7.03. The molecule has 1 aromatic carbocycles. The van der Waals surface area contributed by atoms with Gasteiger partial charge in [-0.1, -0.05) is 12.1 Å². The summed E-state index contributed by atoms with van der Waals surface area (Å²) in [5.41, 5.74) is 1.74. The Morgan fingerprint density at radius 2 is 1.89 bits per heavy atom. The summed E-state index contributed by atoms with van der Waals surface area (Å²) in [5, 5.41) is 3.27. The normalized spacial score (nSPS) is 18.2. The van der Waals surface area contributed by atoms with Gasteiger partial charge in [-0.25, -0.2) is 4.98 Å². The summed E-state index contributed by atoms with van der Waals surface area (Å²) < 4.78 is 16.6. The molecule has 148 valence electrons. The van der Waals surface area contributed by atoms with Crippen molar-refractivity contribution in [1.29, 1.82) is 0 Å². The first-order valence-electron chi connectivity index (χ1n) is 9.57. The second-order valence-electron chi connectivity index (χ2n) is 7.03. The highest BCUT2D eigenvalue weighted by Gasteiger charge is 2.40. The lowest BCUT2D eigenvalue weighted by Gasteiger charge is -2.37. The van der Waals surface area contributed by atoms with Gasteiger partial charge in [0.2, 0.25) is 0 Å². The van der Waals surface area contributed by atoms with E-state index in [-0.39, 0.29) is 5.91 Å². The molecule has 0 bridgehead atoms. The Balaban J connectivity index is 1.35. The number of nitrogens with one attached hydrogen (secondary N) is 1. The number of carbonyl (C=O) groups excluding carboxylic acids is 1. The Labute approximate surface area is 164 Å². The van der Waals surface area contributed by atoms with Gasteiger partial charge in [-0.2, -0.15) is 0 Å². The molecule has 1 amide bonds. The van der Waals surface area contributed by atoms with Gasteiger partial charge < -0.3 is 24.4 Å². The van der Waals surface area contributed by atoms with Crippen LogP contribution in [0.15, 0.2) is 42.6 Å². The largest absolute Gasteiger partial charge is 0.497 e. The summed E-state index contributed by atoms with van der Waals surface area (Å²) in [6, 6.07) is 11.4. The molecule has 1 aromatic heterocycles. The summed E-state index contributed by atoms with van der Waals surface area (Å²) in [6.45, 7) is 3.17. The molecule has 0 aliphatic carbocycles. The number of anilines is 1. The van der Waals surface area contributed by atoms with Crippen molar-refractivity contribution in [2.75, 3.05) is 38.7 Å². The van der Waals surface area contributed by atoms with Crippen molar-refractivity contribution in [3.8, 4) is 5.75 Å². The van der Waals surface area contributed by atoms with Crippen LogP contribution in [0.4, 0.5) is 5.82 Å². The van der Waals surface area contributed by atoms with E-state index in [0.29, 0.717) is 57.1 Å². The summed E-state index contributed by atoms with van der Waals surface area (Å²) >= 11 is 0. The van der Waals surface area contributed by atoms with E-state index in [1.54, 1.807) is 25.4 Å². The van der Waals surface area contributed by atoms with Gasteiger partial charge >= 0.3 is 0 Å². The highest BCUT2D eigenvalue weighted by atomic mass is 16.7. The number of carbonyl (C=O) groups is 1. The van der Waals surface area contributed by atoms with E-state index in [1.165, 1.54) is 0 Å². The second kappa shape index (κ2) is 8.16. The first kappa shape index (κ1) is 18.7. The quantitative estimate of drug-likeness (QED) is 0.856. The topological polar surface area (TPSA) is 72.9 Å². The van der Waals surface area contributed by atoms with E-state index in [4.69, 9.17) is 14.2 Å². The molecule has 4 rings (SSSR count). The predicted octanol–water partition coefficient (Wildman–Crippen LogP) is 2.68. The molecule has 28 heavy (non-hydrogen) atoms. The molecule has 0 radical (unpaired) electrons. The molecule has 0 saturated carbocycles. The number of amides is 1. The molecule has 2 fully saturated rings. The molecule has 2 aliphatic heterocycles. The minimum Gasteiger partial charge on any atom is -0.497 e. The Morgan fingerprint density at radius 1 is 1.18 bits per heavy atom. The zero-order valence-corrected chi connectivity index (χ0v) is 16.0. The molecule has 1 spiro atoms. The van der Waals surface area contributed by atoms with Crippen molar-refractivity contribution in [2.45, 2.75) is 25.2 Å². The number of aromatic nitrogens is 1. The fourth-order valence-electron chi connectivity index (χ4n) is 3.62. The molecule has 2 saturated heterocycles. The molecule has 3 heterocycles. The lowest BCUT2D eigenvalue weighted by molar-refractivity contribution is -0.181. The zero-order valence-electron chi connectivity index (χ0n) is 16.0. The van der Waals surface area contributed by atoms with Crippen molar-refractivity contribution in [1.82, 2.24) is 9.88 Å². The van der Waals surface area contributed by atoms with Crippen LogP contribution in [0, 0.1) is 0 Å². The maximum absolute atomic E-state index is 12.9. The third kappa shape index (κ3) is 4.10. The van der Waals surface area contributed by atoms with Gasteiger partial charge in [0.25, 0.3) is 5.91 Å². The molecule has 2 aromatic rings. The minimum absolute atomic E-state index is 0.0164. The van der Waals surface area contributed by atoms with Crippen LogP contribution in [-0.4, -0.2) is 55.0 Å². The summed E-state index contributed by atoms with van der Waals surface area (Å²) in [5.74, 6) is 1.05. The van der Waals surface area contributed by atoms with Crippen LogP contribution in [0.2, 0.25) is 0 Å². The SMILES string of the molecule is COc1ccc(CNc2cc(C(=O)N3CCC4(CC3)OCCO4)ccn2)cc1. The van der Waals surface area contributed by atoms with Crippen molar-refractivity contribution in [3.63, 3.8) is 0 Å². The monoisotopic (exact) mass is 383 g/mol. The number of nitrogens with zero attached hydrogens (tertiary/aromatic N) is 2. The van der Waals surface area contributed by atoms with Crippen LogP contribution in [0.25, 0.3) is 0 Å². The molecule has 2 aliphatic rings. The highest BCUT2D eigenvalue weighted by Crippen LogP contribution is 2.31. The first-order chi connectivity index (χ1) is 13.7. The summed E-state index contributed by atoms with van der Waals surface area (Å²) in [7, 11) is 1.65. The average molecular weight is 383 g/mol. The van der Waals surface area contributed by atoms with Gasteiger partial charge in [0.05, 0.1) is 20.3 Å². The molecule has 0 atom stereocenters. The summed E-state index contributed by atoms with van der Waals surface area (Å²) in [6.07, 6.45) is 3.09. The number of piperidine rings is 1. The van der Waals surface area contributed by atoms with Crippen LogP contribution >= 0.6 is 0 Å². The Hall–Kier alpha value is -2.64. The zero-order chi connectivity index (χ0) is 19.4. The first-order valence-corrected chi connectivity index (χ1v) is 9.57. The van der Waals surface area contributed by atoms with Gasteiger partial charge in [0.15, 0.2) is 5.79 Å². The molecule has 0 unspecified atom stereocenters. The third-order valence-electron chi connectivity index (χ3n) is 5.27. The van der Waals surface area contributed by atoms with E-state index in [2.05, 4.69) is 10.3 Å². The van der Waals surface area contributed by atoms with E-state index in [1.807, 2.05) is 29.2 Å². The number of hydrogen-bond acceptors (Lipinski definition) is 6. The molecule has 7 heteroatoms. The van der Waals surface area contributed by atoms with Crippen molar-refractivity contribution < 1.29 is 19.0 Å². The number of likely N-dealkylation sites (tertiary alicyclic amines) is 1. The van der Waals surface area contributed by atoms with E-state index >= 15 is 0 Å². The predicted molar refractivity (Wildman–Crippen MR) is 104 cm³/mol. The molecular weight excluding hydrogens is 358 g/mol. The molecular formula is C21H25N3O4. The van der Waals surface area contributed by atoms with E-state index < -0.39 is 5.79 Å². The highest BCUT2D eigenvalue weighted by molar-refractivity contribution is 5.94. The number of ether oxygens (including phenoxy) is 3. The van der Waals surface area contributed by atoms with Gasteiger partial charge in [-0.3, -0.25) is 4.79 Å². The molecule has 1 N–H and O–H groups in total. The minimum atomic E-state index is -0.472. The van der Waals surface area contributed by atoms with Crippen LogP contribution in [0.1, 0.15) is 28.8 Å². The van der Waals surface area contributed by atoms with Gasteiger partial charge in [-0.15, -0.1) is 0 Å². The fraction of sp³-hybridized carbons (Fsp3) is 0.429. The van der Waals surface area contributed by atoms with Crippen LogP contribution in [0.3, 0.4) is 0 Å². The van der Waals surface area contributed by atoms with Crippen LogP contribution in [-0.2, 0) is 16.0 Å². The van der Waals surface area contributed by atoms with Crippen molar-refractivity contribution in [3.05, 3.63) is 53.7 Å². The maximum Gasteiger partial charge on any atom is 0.254 e. The maximum atomic E-state index is 12.9. The van der Waals surface area contributed by atoms with Gasteiger partial charge in [-0.05, 0) is 29.8 Å². The van der Waals surface area contributed by atoms with Gasteiger partial charge in [0, 0.05) is 44.2 Å². The Morgan fingerprint density at radius 3 is 2.57 bits per heavy atom. The Bertz CT molecular complexity index is 809. The van der Waals surface area contributed by atoms with Crippen molar-refractivity contribution in [2.24, 2.45) is 0 Å². The van der Waals surface area contributed by atoms with Crippen LogP contribution in [0.5, 0.6) is 5.75 Å². The lowest BCUT2D eigenvalue weighted by atomic mass is 10.0. The third-order valence-corrected chi connectivity index (χ3v) is 5.27.